The maximum absolute atomic E-state index is 5.52. The minimum absolute atomic E-state index is 0.386. The van der Waals surface area contributed by atoms with Gasteiger partial charge in [-0.25, -0.2) is 0 Å². The van der Waals surface area contributed by atoms with Crippen LogP contribution >= 0.6 is 0 Å². The molecule has 1 fully saturated rings. The van der Waals surface area contributed by atoms with E-state index in [4.69, 9.17) is 4.74 Å². The van der Waals surface area contributed by atoms with Gasteiger partial charge >= 0.3 is 0 Å². The second kappa shape index (κ2) is 7.62. The molecule has 0 aliphatic carbocycles. The normalized spacial score (nSPS) is 20.6. The fourth-order valence-corrected chi connectivity index (χ4v) is 3.36. The van der Waals surface area contributed by atoms with Gasteiger partial charge in [0.05, 0.1) is 7.11 Å². The van der Waals surface area contributed by atoms with Gasteiger partial charge in [0.2, 0.25) is 0 Å². The summed E-state index contributed by atoms with van der Waals surface area (Å²) in [5.74, 6) is 0.969. The summed E-state index contributed by atoms with van der Waals surface area (Å²) in [5.41, 5.74) is 3.95. The van der Waals surface area contributed by atoms with Crippen LogP contribution in [0.4, 0.5) is 0 Å². The van der Waals surface area contributed by atoms with E-state index in [2.05, 4.69) is 66.1 Å². The maximum Gasteiger partial charge on any atom is 0.123 e. The monoisotopic (exact) mass is 310 g/mol. The lowest BCUT2D eigenvalue weighted by molar-refractivity contribution is 0.401. The second-order valence-corrected chi connectivity index (χ2v) is 6.12. The molecule has 0 spiro atoms. The zero-order chi connectivity index (χ0) is 16.1. The van der Waals surface area contributed by atoms with Crippen molar-refractivity contribution in [2.75, 3.05) is 13.7 Å². The van der Waals surface area contributed by atoms with Crippen molar-refractivity contribution in [3.8, 4) is 5.75 Å². The summed E-state index contributed by atoms with van der Waals surface area (Å²) in [6.45, 7) is 4.08. The van der Waals surface area contributed by atoms with Gasteiger partial charge in [-0.15, -0.1) is 0 Å². The van der Waals surface area contributed by atoms with Crippen LogP contribution in [0.3, 0.4) is 0 Å². The Hall–Kier alpha value is -1.84. The molecule has 3 heteroatoms. The lowest BCUT2D eigenvalue weighted by Gasteiger charge is -2.22. The zero-order valence-corrected chi connectivity index (χ0v) is 14.0. The van der Waals surface area contributed by atoms with Gasteiger partial charge in [-0.05, 0) is 36.6 Å². The Morgan fingerprint density at radius 3 is 2.74 bits per heavy atom. The highest BCUT2D eigenvalue weighted by atomic mass is 16.5. The first-order chi connectivity index (χ1) is 11.3. The molecule has 1 heterocycles. The topological polar surface area (TPSA) is 33.3 Å². The molecule has 2 aromatic carbocycles. The van der Waals surface area contributed by atoms with Crippen molar-refractivity contribution in [1.29, 1.82) is 0 Å². The van der Waals surface area contributed by atoms with Gasteiger partial charge in [-0.2, -0.15) is 0 Å². The fourth-order valence-electron chi connectivity index (χ4n) is 3.36. The average Bonchev–Trinajstić information content (AvgIpc) is 3.09. The molecule has 23 heavy (non-hydrogen) atoms. The molecule has 1 aliphatic rings. The van der Waals surface area contributed by atoms with Crippen LogP contribution in [-0.2, 0) is 13.0 Å². The Bertz CT molecular complexity index is 627. The second-order valence-electron chi connectivity index (χ2n) is 6.12. The van der Waals surface area contributed by atoms with Crippen LogP contribution in [0.25, 0.3) is 0 Å². The zero-order valence-electron chi connectivity index (χ0n) is 14.0. The highest BCUT2D eigenvalue weighted by Crippen LogP contribution is 2.25. The molecule has 0 bridgehead atoms. The third kappa shape index (κ3) is 3.74. The Labute approximate surface area is 139 Å². The Morgan fingerprint density at radius 1 is 1.17 bits per heavy atom. The standard InChI is InChI=1S/C20H26N2O/c1-3-15-9-10-19(23-2)17(13-15)14-22-18-11-12-21-20(18)16-7-5-4-6-8-16/h4-10,13,18,20-22H,3,11-12,14H2,1-2H3/t18-,20-/m1/s1. The highest BCUT2D eigenvalue weighted by Gasteiger charge is 2.27. The van der Waals surface area contributed by atoms with E-state index in [0.717, 1.165) is 31.7 Å². The molecular formula is C20H26N2O. The van der Waals surface area contributed by atoms with Crippen LogP contribution in [0, 0.1) is 0 Å². The van der Waals surface area contributed by atoms with Gasteiger partial charge in [0.1, 0.15) is 5.75 Å². The van der Waals surface area contributed by atoms with E-state index in [1.54, 1.807) is 7.11 Å². The van der Waals surface area contributed by atoms with Gasteiger partial charge in [0.25, 0.3) is 0 Å². The number of benzene rings is 2. The van der Waals surface area contributed by atoms with E-state index in [1.807, 2.05) is 0 Å². The first-order valence-electron chi connectivity index (χ1n) is 8.49. The minimum atomic E-state index is 0.386. The molecule has 3 rings (SSSR count). The van der Waals surface area contributed by atoms with Gasteiger partial charge in [-0.3, -0.25) is 0 Å². The number of hydrogen-bond acceptors (Lipinski definition) is 3. The Morgan fingerprint density at radius 2 is 2.00 bits per heavy atom. The maximum atomic E-state index is 5.52. The quantitative estimate of drug-likeness (QED) is 0.857. The number of aryl methyl sites for hydroxylation is 1. The molecule has 1 aliphatic heterocycles. The first kappa shape index (κ1) is 16.0. The van der Waals surface area contributed by atoms with Crippen molar-refractivity contribution in [3.05, 3.63) is 65.2 Å². The summed E-state index contributed by atoms with van der Waals surface area (Å²) < 4.78 is 5.52. The molecule has 0 radical (unpaired) electrons. The Balaban J connectivity index is 1.70. The van der Waals surface area contributed by atoms with Crippen LogP contribution < -0.4 is 15.4 Å². The lowest BCUT2D eigenvalue weighted by atomic mass is 10.0. The molecule has 2 atom stereocenters. The van der Waals surface area contributed by atoms with Gasteiger partial charge in [-0.1, -0.05) is 49.4 Å². The largest absolute Gasteiger partial charge is 0.496 e. The molecule has 0 unspecified atom stereocenters. The van der Waals surface area contributed by atoms with Crippen molar-refractivity contribution in [2.45, 2.75) is 38.4 Å². The van der Waals surface area contributed by atoms with E-state index in [-0.39, 0.29) is 0 Å². The minimum Gasteiger partial charge on any atom is -0.496 e. The predicted octanol–water partition coefficient (Wildman–Crippen LogP) is 3.45. The molecule has 2 aromatic rings. The van der Waals surface area contributed by atoms with E-state index in [9.17, 15) is 0 Å². The van der Waals surface area contributed by atoms with Crippen LogP contribution in [-0.4, -0.2) is 19.7 Å². The first-order valence-corrected chi connectivity index (χ1v) is 8.49. The summed E-state index contributed by atoms with van der Waals surface area (Å²) in [4.78, 5) is 0. The third-order valence-corrected chi connectivity index (χ3v) is 4.69. The van der Waals surface area contributed by atoms with Crippen LogP contribution in [0.5, 0.6) is 5.75 Å². The Kier molecular flexibility index (Phi) is 5.31. The number of nitrogens with one attached hydrogen (secondary N) is 2. The van der Waals surface area contributed by atoms with Crippen molar-refractivity contribution >= 4 is 0 Å². The molecular weight excluding hydrogens is 284 g/mol. The van der Waals surface area contributed by atoms with Crippen molar-refractivity contribution in [1.82, 2.24) is 10.6 Å². The number of rotatable bonds is 6. The molecule has 0 aromatic heterocycles. The van der Waals surface area contributed by atoms with E-state index in [0.29, 0.717) is 12.1 Å². The average molecular weight is 310 g/mol. The lowest BCUT2D eigenvalue weighted by Crippen LogP contribution is -2.34. The van der Waals surface area contributed by atoms with E-state index < -0.39 is 0 Å². The molecule has 0 saturated carbocycles. The van der Waals surface area contributed by atoms with Crippen LogP contribution in [0.15, 0.2) is 48.5 Å². The molecule has 3 nitrogen and oxygen atoms in total. The summed E-state index contributed by atoms with van der Waals surface area (Å²) in [7, 11) is 1.74. The summed E-state index contributed by atoms with van der Waals surface area (Å²) in [5, 5.41) is 7.35. The molecule has 2 N–H and O–H groups in total. The number of methoxy groups -OCH3 is 1. The highest BCUT2D eigenvalue weighted by molar-refractivity contribution is 5.37. The summed E-state index contributed by atoms with van der Waals surface area (Å²) in [6.07, 6.45) is 2.20. The van der Waals surface area contributed by atoms with Crippen LogP contribution in [0.1, 0.15) is 36.1 Å². The SMILES string of the molecule is CCc1ccc(OC)c(CN[C@@H]2CCN[C@@H]2c2ccccc2)c1. The fraction of sp³-hybridized carbons (Fsp3) is 0.400. The van der Waals surface area contributed by atoms with Crippen LogP contribution in [0.2, 0.25) is 0 Å². The summed E-state index contributed by atoms with van der Waals surface area (Å²) in [6, 6.07) is 18.0. The van der Waals surface area contributed by atoms with E-state index in [1.165, 1.54) is 16.7 Å². The molecule has 122 valence electrons. The van der Waals surface area contributed by atoms with Gasteiger partial charge in [0.15, 0.2) is 0 Å². The number of ether oxygens (including phenoxy) is 1. The van der Waals surface area contributed by atoms with Crippen molar-refractivity contribution < 1.29 is 4.74 Å². The molecule has 0 amide bonds. The third-order valence-electron chi connectivity index (χ3n) is 4.69. The van der Waals surface area contributed by atoms with Crippen molar-refractivity contribution in [2.24, 2.45) is 0 Å². The van der Waals surface area contributed by atoms with Gasteiger partial charge < -0.3 is 15.4 Å². The molecule has 1 saturated heterocycles. The van der Waals surface area contributed by atoms with Gasteiger partial charge in [0, 0.05) is 24.2 Å². The van der Waals surface area contributed by atoms with Crippen molar-refractivity contribution in [3.63, 3.8) is 0 Å². The van der Waals surface area contributed by atoms with E-state index >= 15 is 0 Å². The summed E-state index contributed by atoms with van der Waals surface area (Å²) >= 11 is 0. The smallest absolute Gasteiger partial charge is 0.123 e. The predicted molar refractivity (Wildman–Crippen MR) is 94.8 cm³/mol. The number of hydrogen-bond donors (Lipinski definition) is 2.